The van der Waals surface area contributed by atoms with Gasteiger partial charge in [0, 0.05) is 18.0 Å². The van der Waals surface area contributed by atoms with E-state index < -0.39 is 0 Å². The minimum atomic E-state index is -0.165. The molecule has 0 fully saturated rings. The van der Waals surface area contributed by atoms with Crippen LogP contribution in [0.4, 0.5) is 0 Å². The fraction of sp³-hybridized carbons (Fsp3) is 0.259. The van der Waals surface area contributed by atoms with Crippen LogP contribution in [-0.4, -0.2) is 42.2 Å². The SMILES string of the molecule is COc1ccc(C2c3c(ncn(CCCN(C)C)c3=N)Oc3ccc4ccccc4c32)cc1. The van der Waals surface area contributed by atoms with Crippen LogP contribution in [0.25, 0.3) is 10.8 Å². The van der Waals surface area contributed by atoms with Gasteiger partial charge in [-0.2, -0.15) is 0 Å². The number of methoxy groups -OCH3 is 1. The molecule has 168 valence electrons. The van der Waals surface area contributed by atoms with Crippen LogP contribution in [-0.2, 0) is 6.54 Å². The molecule has 0 saturated carbocycles. The molecule has 1 aliphatic heterocycles. The Labute approximate surface area is 193 Å². The van der Waals surface area contributed by atoms with E-state index in [4.69, 9.17) is 14.9 Å². The Morgan fingerprint density at radius 1 is 1.03 bits per heavy atom. The average Bonchev–Trinajstić information content (AvgIpc) is 2.84. The van der Waals surface area contributed by atoms with Gasteiger partial charge in [-0.05, 0) is 61.6 Å². The first-order valence-corrected chi connectivity index (χ1v) is 11.2. The van der Waals surface area contributed by atoms with Gasteiger partial charge in [0.25, 0.3) is 0 Å². The van der Waals surface area contributed by atoms with Crippen LogP contribution in [0.15, 0.2) is 67.0 Å². The highest BCUT2D eigenvalue weighted by Crippen LogP contribution is 2.48. The Kier molecular flexibility index (Phi) is 5.60. The summed E-state index contributed by atoms with van der Waals surface area (Å²) in [5.41, 5.74) is 3.40. The predicted octanol–water partition coefficient (Wildman–Crippen LogP) is 4.76. The predicted molar refractivity (Wildman–Crippen MR) is 129 cm³/mol. The normalized spacial score (nSPS) is 14.6. The van der Waals surface area contributed by atoms with Gasteiger partial charge >= 0.3 is 0 Å². The Morgan fingerprint density at radius 3 is 2.58 bits per heavy atom. The van der Waals surface area contributed by atoms with Crippen LogP contribution in [0, 0.1) is 5.41 Å². The maximum atomic E-state index is 9.12. The molecule has 33 heavy (non-hydrogen) atoms. The van der Waals surface area contributed by atoms with Crippen molar-refractivity contribution in [2.75, 3.05) is 27.7 Å². The van der Waals surface area contributed by atoms with Gasteiger partial charge < -0.3 is 18.9 Å². The van der Waals surface area contributed by atoms with E-state index in [1.165, 1.54) is 0 Å². The fourth-order valence-corrected chi connectivity index (χ4v) is 4.61. The minimum Gasteiger partial charge on any atom is -0.497 e. The second-order valence-corrected chi connectivity index (χ2v) is 8.67. The molecule has 5 rings (SSSR count). The van der Waals surface area contributed by atoms with E-state index in [9.17, 15) is 0 Å². The highest BCUT2D eigenvalue weighted by atomic mass is 16.5. The number of rotatable bonds is 6. The summed E-state index contributed by atoms with van der Waals surface area (Å²) in [6.45, 7) is 1.68. The highest BCUT2D eigenvalue weighted by Gasteiger charge is 2.33. The summed E-state index contributed by atoms with van der Waals surface area (Å²) in [6.07, 6.45) is 2.67. The van der Waals surface area contributed by atoms with E-state index in [0.717, 1.165) is 58.5 Å². The third-order valence-corrected chi connectivity index (χ3v) is 6.26. The van der Waals surface area contributed by atoms with E-state index in [2.05, 4.69) is 60.4 Å². The second kappa shape index (κ2) is 8.71. The van der Waals surface area contributed by atoms with Crippen molar-refractivity contribution in [1.82, 2.24) is 14.5 Å². The van der Waals surface area contributed by atoms with E-state index in [1.807, 2.05) is 28.8 Å². The molecule has 1 atom stereocenters. The van der Waals surface area contributed by atoms with Crippen molar-refractivity contribution < 1.29 is 9.47 Å². The molecule has 0 amide bonds. The topological polar surface area (TPSA) is 63.4 Å². The standard InChI is InChI=1S/C27H28N4O2/c1-30(2)15-6-16-31-17-29-27-25(26(31)28)23(19-9-12-20(32-3)13-10-19)24-21-8-5-4-7-18(21)11-14-22(24)33-27/h4-5,7-14,17,23,28H,6,15-16H2,1-3H3. The Morgan fingerprint density at radius 2 is 1.82 bits per heavy atom. The van der Waals surface area contributed by atoms with Crippen LogP contribution in [0.3, 0.4) is 0 Å². The molecule has 3 aromatic carbocycles. The molecule has 0 spiro atoms. The lowest BCUT2D eigenvalue weighted by Gasteiger charge is -2.30. The maximum Gasteiger partial charge on any atom is 0.228 e. The molecule has 0 radical (unpaired) electrons. The van der Waals surface area contributed by atoms with E-state index in [0.29, 0.717) is 11.4 Å². The molecule has 1 aromatic heterocycles. The lowest BCUT2D eigenvalue weighted by molar-refractivity contribution is 0.379. The summed E-state index contributed by atoms with van der Waals surface area (Å²) in [5, 5.41) is 11.4. The van der Waals surface area contributed by atoms with Gasteiger partial charge in [-0.25, -0.2) is 4.98 Å². The zero-order chi connectivity index (χ0) is 22.9. The molecule has 2 heterocycles. The zero-order valence-corrected chi connectivity index (χ0v) is 19.2. The lowest BCUT2D eigenvalue weighted by atomic mass is 9.81. The Hall–Kier alpha value is -3.64. The molecule has 4 aromatic rings. The van der Waals surface area contributed by atoms with E-state index in [-0.39, 0.29) is 5.92 Å². The first-order chi connectivity index (χ1) is 16.1. The number of fused-ring (bicyclic) bond motifs is 4. The molecule has 0 bridgehead atoms. The molecule has 1 aliphatic rings. The second-order valence-electron chi connectivity index (χ2n) is 8.67. The van der Waals surface area contributed by atoms with E-state index in [1.54, 1.807) is 13.4 Å². The number of aromatic nitrogens is 2. The molecule has 0 aliphatic carbocycles. The molecular weight excluding hydrogens is 412 g/mol. The highest BCUT2D eigenvalue weighted by molar-refractivity contribution is 5.90. The van der Waals surface area contributed by atoms with Crippen LogP contribution in [0.1, 0.15) is 29.0 Å². The Bertz CT molecular complexity index is 1360. The van der Waals surface area contributed by atoms with Gasteiger partial charge in [-0.3, -0.25) is 5.41 Å². The lowest BCUT2D eigenvalue weighted by Crippen LogP contribution is -2.30. The van der Waals surface area contributed by atoms with Crippen LogP contribution in [0.2, 0.25) is 0 Å². The van der Waals surface area contributed by atoms with E-state index >= 15 is 0 Å². The Balaban J connectivity index is 1.71. The van der Waals surface area contributed by atoms with Crippen LogP contribution >= 0.6 is 0 Å². The number of ether oxygens (including phenoxy) is 2. The van der Waals surface area contributed by atoms with Crippen molar-refractivity contribution in [3.8, 4) is 17.4 Å². The molecule has 6 nitrogen and oxygen atoms in total. The van der Waals surface area contributed by atoms with Crippen molar-refractivity contribution in [3.63, 3.8) is 0 Å². The number of nitrogens with zero attached hydrogens (tertiary/aromatic N) is 3. The van der Waals surface area contributed by atoms with Gasteiger partial charge in [0.1, 0.15) is 23.3 Å². The van der Waals surface area contributed by atoms with Crippen molar-refractivity contribution in [1.29, 1.82) is 5.41 Å². The third kappa shape index (κ3) is 3.87. The van der Waals surface area contributed by atoms with Gasteiger partial charge in [-0.15, -0.1) is 0 Å². The largest absolute Gasteiger partial charge is 0.497 e. The number of hydrogen-bond donors (Lipinski definition) is 1. The first-order valence-electron chi connectivity index (χ1n) is 11.2. The van der Waals surface area contributed by atoms with Crippen LogP contribution in [0.5, 0.6) is 17.4 Å². The summed E-state index contributed by atoms with van der Waals surface area (Å²) < 4.78 is 13.6. The van der Waals surface area contributed by atoms with Gasteiger partial charge in [0.05, 0.1) is 12.7 Å². The quantitative estimate of drug-likeness (QED) is 0.413. The summed E-state index contributed by atoms with van der Waals surface area (Å²) in [7, 11) is 5.80. The summed E-state index contributed by atoms with van der Waals surface area (Å²) in [6, 6.07) is 20.5. The van der Waals surface area contributed by atoms with Crippen LogP contribution < -0.4 is 15.0 Å². The van der Waals surface area contributed by atoms with Gasteiger partial charge in [0.15, 0.2) is 0 Å². The van der Waals surface area contributed by atoms with Crippen molar-refractivity contribution in [2.45, 2.75) is 18.9 Å². The average molecular weight is 441 g/mol. The molecule has 0 saturated heterocycles. The zero-order valence-electron chi connectivity index (χ0n) is 19.2. The summed E-state index contributed by atoms with van der Waals surface area (Å²) in [5.74, 6) is 1.94. The van der Waals surface area contributed by atoms with Crippen molar-refractivity contribution >= 4 is 10.8 Å². The first kappa shape index (κ1) is 21.2. The molecule has 6 heteroatoms. The molecule has 1 unspecified atom stereocenters. The number of benzene rings is 3. The number of aryl methyl sites for hydroxylation is 1. The maximum absolute atomic E-state index is 9.12. The summed E-state index contributed by atoms with van der Waals surface area (Å²) >= 11 is 0. The number of hydrogen-bond acceptors (Lipinski definition) is 5. The van der Waals surface area contributed by atoms with Crippen molar-refractivity contribution in [2.24, 2.45) is 0 Å². The van der Waals surface area contributed by atoms with Gasteiger partial charge in [-0.1, -0.05) is 42.5 Å². The van der Waals surface area contributed by atoms with Gasteiger partial charge in [0.2, 0.25) is 5.88 Å². The molecular formula is C27H28N4O2. The molecule has 1 N–H and O–H groups in total. The summed E-state index contributed by atoms with van der Waals surface area (Å²) in [4.78, 5) is 6.80. The van der Waals surface area contributed by atoms with Crippen molar-refractivity contribution in [3.05, 3.63) is 89.2 Å². The number of nitrogens with one attached hydrogen (secondary N) is 1. The fourth-order valence-electron chi connectivity index (χ4n) is 4.61. The minimum absolute atomic E-state index is 0.165. The smallest absolute Gasteiger partial charge is 0.228 e. The monoisotopic (exact) mass is 440 g/mol. The third-order valence-electron chi connectivity index (χ3n) is 6.26.